The molecule has 0 radical (unpaired) electrons. The number of hydrogen-bond donors (Lipinski definition) is 2. The summed E-state index contributed by atoms with van der Waals surface area (Å²) < 4.78 is 22.8. The third-order valence-electron chi connectivity index (χ3n) is 3.40. The summed E-state index contributed by atoms with van der Waals surface area (Å²) in [6.45, 7) is 1.66. The number of carbonyl (C=O) groups excluding carboxylic acids is 1. The monoisotopic (exact) mass is 307 g/mol. The second-order valence-corrected chi connectivity index (χ2v) is 7.31. The number of benzene rings is 1. The standard InChI is InChI=1S/C15H17NO4S/c1-11-9-14(5-4-12(11)3-2-7-17)16-15(18)13-6-8-21(19,20)10-13/h4-5,9,13,17H,6-8,10H2,1H3,(H,16,18). The van der Waals surface area contributed by atoms with E-state index in [2.05, 4.69) is 17.2 Å². The van der Waals surface area contributed by atoms with Gasteiger partial charge in [0.2, 0.25) is 5.91 Å². The quantitative estimate of drug-likeness (QED) is 0.788. The maximum atomic E-state index is 12.0. The van der Waals surface area contributed by atoms with Crippen LogP contribution in [0.5, 0.6) is 0 Å². The van der Waals surface area contributed by atoms with Crippen molar-refractivity contribution in [2.75, 3.05) is 23.4 Å². The first-order chi connectivity index (χ1) is 9.91. The zero-order valence-electron chi connectivity index (χ0n) is 11.7. The molecule has 2 rings (SSSR count). The molecule has 1 unspecified atom stereocenters. The Morgan fingerprint density at radius 1 is 1.48 bits per heavy atom. The molecule has 2 N–H and O–H groups in total. The number of nitrogens with one attached hydrogen (secondary N) is 1. The molecule has 1 fully saturated rings. The van der Waals surface area contributed by atoms with Crippen LogP contribution in [0.1, 0.15) is 17.5 Å². The molecule has 5 nitrogen and oxygen atoms in total. The molecule has 0 spiro atoms. The van der Waals surface area contributed by atoms with Crippen molar-refractivity contribution in [3.05, 3.63) is 29.3 Å². The van der Waals surface area contributed by atoms with Crippen molar-refractivity contribution in [3.8, 4) is 11.8 Å². The molecule has 1 saturated heterocycles. The van der Waals surface area contributed by atoms with Crippen molar-refractivity contribution in [1.82, 2.24) is 0 Å². The van der Waals surface area contributed by atoms with E-state index in [0.717, 1.165) is 11.1 Å². The summed E-state index contributed by atoms with van der Waals surface area (Å²) >= 11 is 0. The van der Waals surface area contributed by atoms with E-state index in [1.165, 1.54) is 0 Å². The number of amides is 1. The van der Waals surface area contributed by atoms with E-state index in [0.29, 0.717) is 12.1 Å². The van der Waals surface area contributed by atoms with Crippen molar-refractivity contribution >= 4 is 21.4 Å². The fourth-order valence-corrected chi connectivity index (χ4v) is 4.00. The van der Waals surface area contributed by atoms with Crippen LogP contribution < -0.4 is 5.32 Å². The predicted molar refractivity (Wildman–Crippen MR) is 80.5 cm³/mol. The zero-order chi connectivity index (χ0) is 15.5. The highest BCUT2D eigenvalue weighted by Gasteiger charge is 2.32. The lowest BCUT2D eigenvalue weighted by Crippen LogP contribution is -2.23. The average Bonchev–Trinajstić information content (AvgIpc) is 2.78. The Morgan fingerprint density at radius 3 is 2.81 bits per heavy atom. The lowest BCUT2D eigenvalue weighted by atomic mass is 10.1. The summed E-state index contributed by atoms with van der Waals surface area (Å²) in [5.41, 5.74) is 2.29. The number of sulfone groups is 1. The minimum atomic E-state index is -3.06. The van der Waals surface area contributed by atoms with E-state index in [9.17, 15) is 13.2 Å². The molecule has 1 heterocycles. The Balaban J connectivity index is 2.07. The van der Waals surface area contributed by atoms with Crippen LogP contribution in [0.3, 0.4) is 0 Å². The Bertz CT molecular complexity index is 713. The molecule has 21 heavy (non-hydrogen) atoms. The van der Waals surface area contributed by atoms with Gasteiger partial charge < -0.3 is 10.4 Å². The summed E-state index contributed by atoms with van der Waals surface area (Å²) in [7, 11) is -3.06. The number of rotatable bonds is 2. The highest BCUT2D eigenvalue weighted by Crippen LogP contribution is 2.21. The Morgan fingerprint density at radius 2 is 2.24 bits per heavy atom. The summed E-state index contributed by atoms with van der Waals surface area (Å²) in [5.74, 6) is 4.67. The Kier molecular flexibility index (Phi) is 4.66. The fourth-order valence-electron chi connectivity index (χ4n) is 2.26. The molecular weight excluding hydrogens is 290 g/mol. The van der Waals surface area contributed by atoms with Crippen molar-refractivity contribution < 1.29 is 18.3 Å². The number of hydrogen-bond acceptors (Lipinski definition) is 4. The van der Waals surface area contributed by atoms with Crippen LogP contribution >= 0.6 is 0 Å². The first kappa shape index (κ1) is 15.5. The van der Waals surface area contributed by atoms with Gasteiger partial charge in [-0.2, -0.15) is 0 Å². The van der Waals surface area contributed by atoms with Crippen molar-refractivity contribution in [3.63, 3.8) is 0 Å². The van der Waals surface area contributed by atoms with Gasteiger partial charge in [0.15, 0.2) is 9.84 Å². The molecule has 1 aliphatic heterocycles. The number of carbonyl (C=O) groups is 1. The summed E-state index contributed by atoms with van der Waals surface area (Å²) in [4.78, 5) is 12.0. The van der Waals surface area contributed by atoms with Gasteiger partial charge >= 0.3 is 0 Å². The van der Waals surface area contributed by atoms with Crippen LogP contribution in [0.4, 0.5) is 5.69 Å². The van der Waals surface area contributed by atoms with E-state index in [4.69, 9.17) is 5.11 Å². The van der Waals surface area contributed by atoms with Crippen molar-refractivity contribution in [2.45, 2.75) is 13.3 Å². The minimum Gasteiger partial charge on any atom is -0.384 e. The van der Waals surface area contributed by atoms with Gasteiger partial charge in [-0.15, -0.1) is 0 Å². The predicted octanol–water partition coefficient (Wildman–Crippen LogP) is 0.712. The molecule has 1 aromatic rings. The van der Waals surface area contributed by atoms with Crippen LogP contribution in [-0.4, -0.2) is 37.5 Å². The first-order valence-corrected chi connectivity index (χ1v) is 8.45. The normalized spacial score (nSPS) is 19.6. The first-order valence-electron chi connectivity index (χ1n) is 6.63. The van der Waals surface area contributed by atoms with Gasteiger partial charge in [-0.05, 0) is 37.1 Å². The number of aliphatic hydroxyl groups excluding tert-OH is 1. The molecule has 1 aromatic carbocycles. The highest BCUT2D eigenvalue weighted by atomic mass is 32.2. The lowest BCUT2D eigenvalue weighted by Gasteiger charge is -2.10. The lowest BCUT2D eigenvalue weighted by molar-refractivity contribution is -0.119. The van der Waals surface area contributed by atoms with Crippen molar-refractivity contribution in [2.24, 2.45) is 5.92 Å². The smallest absolute Gasteiger partial charge is 0.228 e. The molecule has 1 aliphatic rings. The van der Waals surface area contributed by atoms with Crippen molar-refractivity contribution in [1.29, 1.82) is 0 Å². The van der Waals surface area contributed by atoms with Crippen LogP contribution in [-0.2, 0) is 14.6 Å². The zero-order valence-corrected chi connectivity index (χ0v) is 12.5. The third-order valence-corrected chi connectivity index (χ3v) is 5.17. The number of aliphatic hydroxyl groups is 1. The second-order valence-electron chi connectivity index (χ2n) is 5.08. The molecule has 0 bridgehead atoms. The fraction of sp³-hybridized carbons (Fsp3) is 0.400. The molecular formula is C15H17NO4S. The SMILES string of the molecule is Cc1cc(NC(=O)C2CCS(=O)(=O)C2)ccc1C#CCO. The van der Waals surface area contributed by atoms with Gasteiger partial charge in [0.1, 0.15) is 6.61 Å². The molecule has 1 amide bonds. The molecule has 0 aromatic heterocycles. The van der Waals surface area contributed by atoms with E-state index >= 15 is 0 Å². The topological polar surface area (TPSA) is 83.5 Å². The maximum absolute atomic E-state index is 12.0. The summed E-state index contributed by atoms with van der Waals surface area (Å²) in [6, 6.07) is 5.26. The molecule has 112 valence electrons. The largest absolute Gasteiger partial charge is 0.384 e. The van der Waals surface area contributed by atoms with Crippen LogP contribution in [0.25, 0.3) is 0 Å². The van der Waals surface area contributed by atoms with Gasteiger partial charge in [-0.1, -0.05) is 11.8 Å². The van der Waals surface area contributed by atoms with E-state index in [1.807, 2.05) is 6.92 Å². The van der Waals surface area contributed by atoms with Gasteiger partial charge in [-0.25, -0.2) is 8.42 Å². The Labute approximate surface area is 124 Å². The van der Waals surface area contributed by atoms with Gasteiger partial charge in [0.05, 0.1) is 17.4 Å². The summed E-state index contributed by atoms with van der Waals surface area (Å²) in [6.07, 6.45) is 0.382. The van der Waals surface area contributed by atoms with Crippen LogP contribution in [0.15, 0.2) is 18.2 Å². The third kappa shape index (κ3) is 4.06. The number of aryl methyl sites for hydroxylation is 1. The van der Waals surface area contributed by atoms with Gasteiger partial charge in [0, 0.05) is 11.3 Å². The highest BCUT2D eigenvalue weighted by molar-refractivity contribution is 7.91. The molecule has 0 saturated carbocycles. The van der Waals surface area contributed by atoms with E-state index in [1.54, 1.807) is 18.2 Å². The second kappa shape index (κ2) is 6.29. The minimum absolute atomic E-state index is 0.0716. The van der Waals surface area contributed by atoms with Gasteiger partial charge in [-0.3, -0.25) is 4.79 Å². The Hall–Kier alpha value is -1.84. The molecule has 1 atom stereocenters. The van der Waals surface area contributed by atoms with Crippen LogP contribution in [0, 0.1) is 24.7 Å². The average molecular weight is 307 g/mol. The molecule has 6 heteroatoms. The van der Waals surface area contributed by atoms with E-state index < -0.39 is 15.8 Å². The van der Waals surface area contributed by atoms with Gasteiger partial charge in [0.25, 0.3) is 0 Å². The van der Waals surface area contributed by atoms with Crippen LogP contribution in [0.2, 0.25) is 0 Å². The summed E-state index contributed by atoms with van der Waals surface area (Å²) in [5, 5.41) is 11.4. The molecule has 0 aliphatic carbocycles. The van der Waals surface area contributed by atoms with E-state index in [-0.39, 0.29) is 24.0 Å². The maximum Gasteiger partial charge on any atom is 0.228 e. The number of anilines is 1.